The normalized spacial score (nSPS) is 13.1. The summed E-state index contributed by atoms with van der Waals surface area (Å²) in [5.74, 6) is -0.575. The number of benzene rings is 1. The molecule has 1 heterocycles. The Hall–Kier alpha value is -2.72. The zero-order valence-corrected chi connectivity index (χ0v) is 14.6. The lowest BCUT2D eigenvalue weighted by Crippen LogP contribution is -2.41. The van der Waals surface area contributed by atoms with E-state index in [4.69, 9.17) is 5.26 Å². The summed E-state index contributed by atoms with van der Waals surface area (Å²) in [4.78, 5) is 13.7. The number of halogens is 1. The fourth-order valence-corrected chi connectivity index (χ4v) is 2.41. The van der Waals surface area contributed by atoms with Crippen LogP contribution in [0.4, 0.5) is 4.39 Å². The van der Waals surface area contributed by atoms with Crippen molar-refractivity contribution in [3.05, 3.63) is 53.6 Å². The molecule has 2 aromatic rings. The Labute approximate surface area is 146 Å². The number of hydrogen-bond acceptors (Lipinski definition) is 4. The average Bonchev–Trinajstić information content (AvgIpc) is 3.15. The molecule has 25 heavy (non-hydrogen) atoms. The van der Waals surface area contributed by atoms with Crippen molar-refractivity contribution >= 4 is 5.91 Å². The molecule has 1 amide bonds. The quantitative estimate of drug-likeness (QED) is 0.835. The molecule has 7 heteroatoms. The van der Waals surface area contributed by atoms with E-state index in [1.165, 1.54) is 23.1 Å². The molecule has 0 aliphatic heterocycles. The van der Waals surface area contributed by atoms with Gasteiger partial charge in [0.05, 0.1) is 24.2 Å². The standard InChI is InChI=1S/C18H22FN5O/c1-13(14(2)24-8-4-7-22-24)21-11-18(25)23(3)12-16-9-15(10-20)5-6-17(16)19/h4-9,13-14,21H,11-12H2,1-3H3/t13-,14+/m0/s1. The molecule has 0 unspecified atom stereocenters. The molecule has 1 N–H and O–H groups in total. The van der Waals surface area contributed by atoms with Gasteiger partial charge in [0.25, 0.3) is 0 Å². The number of likely N-dealkylation sites (N-methyl/N-ethyl adjacent to an activating group) is 1. The monoisotopic (exact) mass is 343 g/mol. The van der Waals surface area contributed by atoms with Crippen LogP contribution in [-0.2, 0) is 11.3 Å². The van der Waals surface area contributed by atoms with E-state index in [-0.39, 0.29) is 31.1 Å². The molecule has 2 atom stereocenters. The highest BCUT2D eigenvalue weighted by molar-refractivity contribution is 5.78. The molecule has 0 aliphatic rings. The lowest BCUT2D eigenvalue weighted by molar-refractivity contribution is -0.129. The predicted molar refractivity (Wildman–Crippen MR) is 92.0 cm³/mol. The molecule has 0 radical (unpaired) electrons. The molecular weight excluding hydrogens is 321 g/mol. The van der Waals surface area contributed by atoms with Crippen LogP contribution >= 0.6 is 0 Å². The smallest absolute Gasteiger partial charge is 0.236 e. The number of rotatable bonds is 7. The maximum Gasteiger partial charge on any atom is 0.236 e. The summed E-state index contributed by atoms with van der Waals surface area (Å²) in [6.07, 6.45) is 3.59. The van der Waals surface area contributed by atoms with Crippen LogP contribution in [0.2, 0.25) is 0 Å². The topological polar surface area (TPSA) is 74.0 Å². The van der Waals surface area contributed by atoms with Crippen LogP contribution in [-0.4, -0.2) is 40.2 Å². The maximum atomic E-state index is 13.8. The number of nitrogens with one attached hydrogen (secondary N) is 1. The molecule has 6 nitrogen and oxygen atoms in total. The second-order valence-corrected chi connectivity index (χ2v) is 6.06. The van der Waals surface area contributed by atoms with Gasteiger partial charge in [-0.3, -0.25) is 9.48 Å². The van der Waals surface area contributed by atoms with Crippen molar-refractivity contribution in [1.82, 2.24) is 20.0 Å². The van der Waals surface area contributed by atoms with Gasteiger partial charge in [0.1, 0.15) is 5.82 Å². The van der Waals surface area contributed by atoms with E-state index in [0.29, 0.717) is 11.1 Å². The van der Waals surface area contributed by atoms with Crippen LogP contribution < -0.4 is 5.32 Å². The first kappa shape index (κ1) is 18.6. The molecule has 0 saturated carbocycles. The molecular formula is C18H22FN5O. The molecule has 0 aliphatic carbocycles. The van der Waals surface area contributed by atoms with E-state index >= 15 is 0 Å². The van der Waals surface area contributed by atoms with E-state index < -0.39 is 5.82 Å². The van der Waals surface area contributed by atoms with Crippen molar-refractivity contribution in [2.45, 2.75) is 32.5 Å². The van der Waals surface area contributed by atoms with Crippen molar-refractivity contribution < 1.29 is 9.18 Å². The Morgan fingerprint density at radius 1 is 1.48 bits per heavy atom. The number of hydrogen-bond donors (Lipinski definition) is 1. The van der Waals surface area contributed by atoms with Gasteiger partial charge in [-0.05, 0) is 38.1 Å². The van der Waals surface area contributed by atoms with Crippen molar-refractivity contribution in [2.75, 3.05) is 13.6 Å². The van der Waals surface area contributed by atoms with Gasteiger partial charge < -0.3 is 10.2 Å². The minimum Gasteiger partial charge on any atom is -0.340 e. The highest BCUT2D eigenvalue weighted by atomic mass is 19.1. The third-order valence-electron chi connectivity index (χ3n) is 4.25. The number of nitriles is 1. The Balaban J connectivity index is 1.89. The maximum absolute atomic E-state index is 13.8. The van der Waals surface area contributed by atoms with Crippen LogP contribution in [0.25, 0.3) is 0 Å². The predicted octanol–water partition coefficient (Wildman–Crippen LogP) is 2.09. The van der Waals surface area contributed by atoms with Gasteiger partial charge in [-0.15, -0.1) is 0 Å². The Kier molecular flexibility index (Phi) is 6.25. The van der Waals surface area contributed by atoms with Crippen molar-refractivity contribution in [3.63, 3.8) is 0 Å². The zero-order valence-electron chi connectivity index (χ0n) is 14.6. The van der Waals surface area contributed by atoms with Crippen molar-refractivity contribution in [2.24, 2.45) is 0 Å². The third-order valence-corrected chi connectivity index (χ3v) is 4.25. The minimum atomic E-state index is -0.424. The summed E-state index contributed by atoms with van der Waals surface area (Å²) in [6.45, 7) is 4.26. The van der Waals surface area contributed by atoms with Crippen LogP contribution in [0.1, 0.15) is 31.0 Å². The SMILES string of the molecule is C[C@H](NCC(=O)N(C)Cc1cc(C#N)ccc1F)[C@@H](C)n1cccn1. The van der Waals surface area contributed by atoms with Gasteiger partial charge in [-0.25, -0.2) is 4.39 Å². The van der Waals surface area contributed by atoms with Crippen molar-refractivity contribution in [3.8, 4) is 6.07 Å². The summed E-state index contributed by atoms with van der Waals surface area (Å²) in [5, 5.41) is 16.3. The molecule has 0 bridgehead atoms. The van der Waals surface area contributed by atoms with Crippen LogP contribution in [0, 0.1) is 17.1 Å². The van der Waals surface area contributed by atoms with Gasteiger partial charge >= 0.3 is 0 Å². The first-order valence-corrected chi connectivity index (χ1v) is 8.07. The van der Waals surface area contributed by atoms with Gasteiger partial charge in [0.2, 0.25) is 5.91 Å². The Morgan fingerprint density at radius 2 is 2.24 bits per heavy atom. The minimum absolute atomic E-state index is 0.0379. The van der Waals surface area contributed by atoms with E-state index in [9.17, 15) is 9.18 Å². The van der Waals surface area contributed by atoms with Crippen LogP contribution in [0.15, 0.2) is 36.7 Å². The van der Waals surface area contributed by atoms with E-state index in [2.05, 4.69) is 10.4 Å². The van der Waals surface area contributed by atoms with Crippen molar-refractivity contribution in [1.29, 1.82) is 5.26 Å². The van der Waals surface area contributed by atoms with Gasteiger partial charge in [-0.2, -0.15) is 10.4 Å². The van der Waals surface area contributed by atoms with E-state index in [0.717, 1.165) is 0 Å². The largest absolute Gasteiger partial charge is 0.340 e. The number of aromatic nitrogens is 2. The number of amides is 1. The number of nitrogens with zero attached hydrogens (tertiary/aromatic N) is 4. The summed E-state index contributed by atoms with van der Waals surface area (Å²) in [7, 11) is 1.62. The molecule has 0 saturated heterocycles. The summed E-state index contributed by atoms with van der Waals surface area (Å²) < 4.78 is 15.7. The molecule has 1 aromatic carbocycles. The highest BCUT2D eigenvalue weighted by Gasteiger charge is 2.17. The fraction of sp³-hybridized carbons (Fsp3) is 0.389. The fourth-order valence-electron chi connectivity index (χ4n) is 2.41. The summed E-state index contributed by atoms with van der Waals surface area (Å²) in [6, 6.07) is 8.09. The summed E-state index contributed by atoms with van der Waals surface area (Å²) >= 11 is 0. The van der Waals surface area contributed by atoms with Crippen LogP contribution in [0.5, 0.6) is 0 Å². The average molecular weight is 343 g/mol. The second kappa shape index (κ2) is 8.40. The molecule has 0 fully saturated rings. The number of carbonyl (C=O) groups excluding carboxylic acids is 1. The van der Waals surface area contributed by atoms with Gasteiger partial charge in [0.15, 0.2) is 0 Å². The first-order chi connectivity index (χ1) is 11.9. The summed E-state index contributed by atoms with van der Waals surface area (Å²) in [5.41, 5.74) is 0.699. The number of carbonyl (C=O) groups is 1. The lowest BCUT2D eigenvalue weighted by atomic mass is 10.1. The molecule has 0 spiro atoms. The lowest BCUT2D eigenvalue weighted by Gasteiger charge is -2.23. The third kappa shape index (κ3) is 4.88. The van der Waals surface area contributed by atoms with Crippen LogP contribution in [0.3, 0.4) is 0 Å². The molecule has 132 valence electrons. The Morgan fingerprint density at radius 3 is 2.88 bits per heavy atom. The first-order valence-electron chi connectivity index (χ1n) is 8.07. The Bertz CT molecular complexity index is 753. The van der Waals surface area contributed by atoms with Gasteiger partial charge in [-0.1, -0.05) is 0 Å². The molecule has 1 aromatic heterocycles. The molecule has 2 rings (SSSR count). The van der Waals surface area contributed by atoms with E-state index in [1.54, 1.807) is 13.2 Å². The van der Waals surface area contributed by atoms with E-state index in [1.807, 2.05) is 36.9 Å². The second-order valence-electron chi connectivity index (χ2n) is 6.06. The highest BCUT2D eigenvalue weighted by Crippen LogP contribution is 2.13. The van der Waals surface area contributed by atoms with Gasteiger partial charge in [0, 0.05) is 37.6 Å². The zero-order chi connectivity index (χ0) is 18.4.